The molecule has 0 spiro atoms. The average molecular weight is 459 g/mol. The topological polar surface area (TPSA) is 83.0 Å². The number of nitrogens with one attached hydrogen (secondary N) is 2. The summed E-state index contributed by atoms with van der Waals surface area (Å²) in [7, 11) is 0. The van der Waals surface area contributed by atoms with Crippen LogP contribution >= 0.6 is 23.7 Å². The lowest BCUT2D eigenvalue weighted by Crippen LogP contribution is -2.53. The molecule has 2 amide bonds. The second-order valence-corrected chi connectivity index (χ2v) is 9.06. The maximum absolute atomic E-state index is 12.9. The predicted octanol–water partition coefficient (Wildman–Crippen LogP) is 4.18. The van der Waals surface area contributed by atoms with Gasteiger partial charge in [-0.15, -0.1) is 0 Å². The lowest BCUT2D eigenvalue weighted by atomic mass is 10.0. The van der Waals surface area contributed by atoms with Crippen molar-refractivity contribution < 1.29 is 14.3 Å². The van der Waals surface area contributed by atoms with Gasteiger partial charge in [-0.3, -0.25) is 4.79 Å². The molecule has 2 aromatic carbocycles. The molecule has 0 bridgehead atoms. The Bertz CT molecular complexity index is 881. The van der Waals surface area contributed by atoms with Gasteiger partial charge < -0.3 is 15.4 Å². The van der Waals surface area contributed by atoms with Crippen LogP contribution in [-0.2, 0) is 21.9 Å². The van der Waals surface area contributed by atoms with Crippen LogP contribution in [0.4, 0.5) is 4.79 Å². The van der Waals surface area contributed by atoms with E-state index >= 15 is 0 Å². The van der Waals surface area contributed by atoms with Gasteiger partial charge in [0.05, 0.1) is 5.55 Å². The van der Waals surface area contributed by atoms with Crippen molar-refractivity contribution in [2.45, 2.75) is 37.7 Å². The molecule has 7 nitrogen and oxygen atoms in total. The lowest BCUT2D eigenvalue weighted by Gasteiger charge is -2.26. The number of nitrogens with zero attached hydrogens (tertiary/aromatic N) is 2. The fraction of sp³-hybridized carbons (Fsp3) is 0.318. The number of amides is 2. The van der Waals surface area contributed by atoms with Crippen molar-refractivity contribution in [2.75, 3.05) is 0 Å². The van der Waals surface area contributed by atoms with Crippen molar-refractivity contribution in [2.24, 2.45) is 11.0 Å². The van der Waals surface area contributed by atoms with Gasteiger partial charge in [-0.1, -0.05) is 86.3 Å². The summed E-state index contributed by atoms with van der Waals surface area (Å²) in [4.78, 5) is 25.1. The highest BCUT2D eigenvalue weighted by Crippen LogP contribution is 2.28. The van der Waals surface area contributed by atoms with Crippen molar-refractivity contribution in [1.29, 1.82) is 0 Å². The summed E-state index contributed by atoms with van der Waals surface area (Å²) in [6.45, 7) is 3.90. The van der Waals surface area contributed by atoms with E-state index in [-0.39, 0.29) is 23.9 Å². The summed E-state index contributed by atoms with van der Waals surface area (Å²) in [5.74, 6) is 0.352. The largest absolute Gasteiger partial charge is 0.445 e. The molecule has 3 rings (SSSR count). The van der Waals surface area contributed by atoms with Crippen LogP contribution in [0.3, 0.4) is 0 Å². The van der Waals surface area contributed by atoms with Gasteiger partial charge in [-0.25, -0.2) is 9.21 Å². The van der Waals surface area contributed by atoms with Gasteiger partial charge in [0.25, 0.3) is 0 Å². The zero-order valence-corrected chi connectivity index (χ0v) is 19.1. The minimum Gasteiger partial charge on any atom is -0.445 e. The van der Waals surface area contributed by atoms with Gasteiger partial charge in [-0.2, -0.15) is 5.10 Å². The smallest absolute Gasteiger partial charge is 0.408 e. The van der Waals surface area contributed by atoms with Gasteiger partial charge in [0.2, 0.25) is 5.91 Å². The van der Waals surface area contributed by atoms with Crippen LogP contribution in [0, 0.1) is 5.92 Å². The molecule has 1 heterocycles. The molecule has 0 aliphatic carbocycles. The Labute approximate surface area is 191 Å². The van der Waals surface area contributed by atoms with Crippen LogP contribution in [0.5, 0.6) is 0 Å². The molecule has 0 saturated heterocycles. The normalized spacial score (nSPS) is 16.2. The molecule has 0 radical (unpaired) electrons. The number of alkyl carbamates (subject to hydrolysis) is 1. The molecule has 0 saturated carbocycles. The van der Waals surface area contributed by atoms with Crippen molar-refractivity contribution in [3.8, 4) is 0 Å². The number of hydrogen-bond acceptors (Lipinski definition) is 7. The van der Waals surface area contributed by atoms with E-state index in [0.29, 0.717) is 0 Å². The Kier molecular flexibility index (Phi) is 8.66. The van der Waals surface area contributed by atoms with Crippen LogP contribution in [0.2, 0.25) is 0 Å². The SMILES string of the molecule is CC(C)[C@H](NC(=O)OCc1ccccc1)C(=O)NC1SC=NN1SCc1ccccc1. The van der Waals surface area contributed by atoms with Crippen LogP contribution in [0.25, 0.3) is 0 Å². The van der Waals surface area contributed by atoms with E-state index in [1.165, 1.54) is 29.3 Å². The number of hydrogen-bond donors (Lipinski definition) is 2. The molecule has 31 heavy (non-hydrogen) atoms. The molecule has 164 valence electrons. The first-order valence-electron chi connectivity index (χ1n) is 9.94. The van der Waals surface area contributed by atoms with Gasteiger partial charge in [0, 0.05) is 5.75 Å². The van der Waals surface area contributed by atoms with E-state index in [1.54, 1.807) is 9.96 Å². The third-order valence-corrected chi connectivity index (χ3v) is 6.42. The summed E-state index contributed by atoms with van der Waals surface area (Å²) < 4.78 is 7.03. The summed E-state index contributed by atoms with van der Waals surface area (Å²) in [6, 6.07) is 18.7. The Morgan fingerprint density at radius 3 is 2.39 bits per heavy atom. The van der Waals surface area contributed by atoms with E-state index in [0.717, 1.165) is 11.3 Å². The monoisotopic (exact) mass is 458 g/mol. The summed E-state index contributed by atoms with van der Waals surface area (Å²) >= 11 is 2.92. The van der Waals surface area contributed by atoms with Crippen LogP contribution in [0.15, 0.2) is 65.8 Å². The van der Waals surface area contributed by atoms with Gasteiger partial charge in [0.1, 0.15) is 12.6 Å². The minimum atomic E-state index is -0.717. The van der Waals surface area contributed by atoms with Crippen molar-refractivity contribution in [1.82, 2.24) is 15.0 Å². The Morgan fingerprint density at radius 1 is 1.10 bits per heavy atom. The minimum absolute atomic E-state index is 0.109. The molecule has 1 unspecified atom stereocenters. The predicted molar refractivity (Wildman–Crippen MR) is 126 cm³/mol. The zero-order valence-electron chi connectivity index (χ0n) is 17.4. The fourth-order valence-corrected chi connectivity index (χ4v) is 4.57. The number of benzene rings is 2. The van der Waals surface area contributed by atoms with Crippen molar-refractivity contribution in [3.05, 3.63) is 71.8 Å². The molecule has 9 heteroatoms. The highest BCUT2D eigenvalue weighted by atomic mass is 32.2. The number of carbonyl (C=O) groups is 2. The summed E-state index contributed by atoms with van der Waals surface area (Å²) in [6.07, 6.45) is -0.622. The summed E-state index contributed by atoms with van der Waals surface area (Å²) in [5.41, 5.74) is 3.42. The maximum Gasteiger partial charge on any atom is 0.408 e. The van der Waals surface area contributed by atoms with Crippen LogP contribution in [-0.4, -0.2) is 33.5 Å². The number of thioether (sulfide) groups is 1. The summed E-state index contributed by atoms with van der Waals surface area (Å²) in [5, 5.41) is 9.97. The second-order valence-electron chi connectivity index (χ2n) is 7.21. The van der Waals surface area contributed by atoms with Crippen LogP contribution < -0.4 is 10.6 Å². The number of hydrazone groups is 1. The Balaban J connectivity index is 1.50. The fourth-order valence-electron chi connectivity index (χ4n) is 2.79. The standard InChI is InChI=1S/C22H26N4O3S2/c1-16(2)19(24-22(28)29-13-17-9-5-3-6-10-17)20(27)25-21-26(23-15-30-21)31-14-18-11-7-4-8-12-18/h3-12,15-16,19,21H,13-14H2,1-2H3,(H,24,28)(H,25,27)/t19-,21?/m0/s1. The third-order valence-electron chi connectivity index (χ3n) is 4.46. The number of ether oxygens (including phenoxy) is 1. The molecule has 0 aromatic heterocycles. The number of rotatable bonds is 9. The van der Waals surface area contributed by atoms with E-state index in [9.17, 15) is 9.59 Å². The van der Waals surface area contributed by atoms with Gasteiger partial charge in [0.15, 0.2) is 5.50 Å². The molecular formula is C22H26N4O3S2. The van der Waals surface area contributed by atoms with Crippen LogP contribution in [0.1, 0.15) is 25.0 Å². The maximum atomic E-state index is 12.9. The molecule has 2 N–H and O–H groups in total. The third kappa shape index (κ3) is 7.22. The first-order valence-corrected chi connectivity index (χ1v) is 11.8. The first kappa shape index (κ1) is 23.0. The average Bonchev–Trinajstić information content (AvgIpc) is 3.22. The van der Waals surface area contributed by atoms with E-state index in [2.05, 4.69) is 15.7 Å². The Morgan fingerprint density at radius 2 is 1.74 bits per heavy atom. The molecule has 2 aromatic rings. The lowest BCUT2D eigenvalue weighted by molar-refractivity contribution is -0.124. The molecule has 2 atom stereocenters. The van der Waals surface area contributed by atoms with Gasteiger partial charge in [-0.05, 0) is 29.0 Å². The highest BCUT2D eigenvalue weighted by Gasteiger charge is 2.30. The van der Waals surface area contributed by atoms with E-state index < -0.39 is 12.1 Å². The van der Waals surface area contributed by atoms with Crippen molar-refractivity contribution >= 4 is 41.3 Å². The van der Waals surface area contributed by atoms with Gasteiger partial charge >= 0.3 is 6.09 Å². The second kappa shape index (κ2) is 11.7. The highest BCUT2D eigenvalue weighted by molar-refractivity contribution is 8.13. The molecule has 1 aliphatic heterocycles. The van der Waals surface area contributed by atoms with E-state index in [4.69, 9.17) is 4.74 Å². The molecular weight excluding hydrogens is 432 g/mol. The zero-order chi connectivity index (χ0) is 22.1. The van der Waals surface area contributed by atoms with E-state index in [1.807, 2.05) is 74.5 Å². The first-order chi connectivity index (χ1) is 15.0. The quantitative estimate of drug-likeness (QED) is 0.549. The Hall–Kier alpha value is -2.65. The molecule has 0 fully saturated rings. The number of carbonyl (C=O) groups excluding carboxylic acids is 2. The molecule has 1 aliphatic rings. The van der Waals surface area contributed by atoms with Crippen molar-refractivity contribution in [3.63, 3.8) is 0 Å².